The average molecular weight is 261 g/mol. The van der Waals surface area contributed by atoms with Crippen molar-refractivity contribution in [2.45, 2.75) is 76.7 Å². The molecule has 4 rings (SSSR count). The molecule has 4 fully saturated rings. The van der Waals surface area contributed by atoms with E-state index in [4.69, 9.17) is 0 Å². The van der Waals surface area contributed by atoms with E-state index in [2.05, 4.69) is 5.32 Å². The number of hydrogen-bond acceptors (Lipinski definition) is 1. The highest BCUT2D eigenvalue weighted by Crippen LogP contribution is 2.58. The van der Waals surface area contributed by atoms with Gasteiger partial charge in [-0.25, -0.2) is 0 Å². The molecule has 19 heavy (non-hydrogen) atoms. The lowest BCUT2D eigenvalue weighted by Gasteiger charge is -2.32. The predicted molar refractivity (Wildman–Crippen MR) is 80.0 cm³/mol. The van der Waals surface area contributed by atoms with Crippen molar-refractivity contribution in [2.24, 2.45) is 29.6 Å². The fraction of sp³-hybridized carbons (Fsp3) is 1.00. The van der Waals surface area contributed by atoms with Gasteiger partial charge in [-0.05, 0) is 81.1 Å². The first-order valence-electron chi connectivity index (χ1n) is 9.17. The van der Waals surface area contributed by atoms with Crippen molar-refractivity contribution in [2.75, 3.05) is 6.54 Å². The van der Waals surface area contributed by atoms with E-state index in [1.54, 1.807) is 38.5 Å². The molecule has 3 saturated carbocycles. The Morgan fingerprint density at radius 2 is 1.21 bits per heavy atom. The van der Waals surface area contributed by atoms with E-state index in [-0.39, 0.29) is 0 Å². The largest absolute Gasteiger partial charge is 0.314 e. The third kappa shape index (κ3) is 2.26. The quantitative estimate of drug-likeness (QED) is 0.778. The summed E-state index contributed by atoms with van der Waals surface area (Å²) in [6.45, 7) is 1.29. The minimum Gasteiger partial charge on any atom is -0.314 e. The van der Waals surface area contributed by atoms with Crippen LogP contribution in [0.1, 0.15) is 70.6 Å². The maximum absolute atomic E-state index is 3.77. The number of hydrogen-bond donors (Lipinski definition) is 1. The lowest BCUT2D eigenvalue weighted by atomic mass is 9.73. The SMILES string of the molecule is C1CNC(CC2C3CCCCC3C3CCCCC32)C1. The molecule has 1 heteroatoms. The van der Waals surface area contributed by atoms with E-state index in [0.29, 0.717) is 0 Å². The first-order valence-corrected chi connectivity index (χ1v) is 9.17. The van der Waals surface area contributed by atoms with E-state index in [1.165, 1.54) is 38.6 Å². The van der Waals surface area contributed by atoms with Gasteiger partial charge in [-0.15, -0.1) is 0 Å². The third-order valence-electron chi connectivity index (χ3n) is 7.12. The Kier molecular flexibility index (Phi) is 3.60. The minimum absolute atomic E-state index is 0.883. The Balaban J connectivity index is 1.52. The molecule has 0 amide bonds. The maximum Gasteiger partial charge on any atom is 0.00703 e. The highest BCUT2D eigenvalue weighted by atomic mass is 14.9. The summed E-state index contributed by atoms with van der Waals surface area (Å²) in [7, 11) is 0. The number of fused-ring (bicyclic) bond motifs is 3. The van der Waals surface area contributed by atoms with Crippen LogP contribution >= 0.6 is 0 Å². The van der Waals surface area contributed by atoms with Crippen LogP contribution in [0.2, 0.25) is 0 Å². The van der Waals surface area contributed by atoms with E-state index < -0.39 is 0 Å². The third-order valence-corrected chi connectivity index (χ3v) is 7.12. The Morgan fingerprint density at radius 3 is 1.74 bits per heavy atom. The number of nitrogens with one attached hydrogen (secondary N) is 1. The van der Waals surface area contributed by atoms with Gasteiger partial charge >= 0.3 is 0 Å². The van der Waals surface area contributed by atoms with Crippen molar-refractivity contribution < 1.29 is 0 Å². The maximum atomic E-state index is 3.77. The predicted octanol–water partition coefficient (Wildman–Crippen LogP) is 4.37. The smallest absolute Gasteiger partial charge is 0.00703 e. The van der Waals surface area contributed by atoms with Gasteiger partial charge < -0.3 is 5.32 Å². The van der Waals surface area contributed by atoms with Gasteiger partial charge in [0.1, 0.15) is 0 Å². The molecule has 0 aromatic carbocycles. The van der Waals surface area contributed by atoms with Gasteiger partial charge in [0.2, 0.25) is 0 Å². The molecule has 1 aliphatic heterocycles. The summed E-state index contributed by atoms with van der Waals surface area (Å²) in [5.41, 5.74) is 0. The first kappa shape index (κ1) is 12.7. The second-order valence-corrected chi connectivity index (χ2v) is 7.92. The summed E-state index contributed by atoms with van der Waals surface area (Å²) >= 11 is 0. The van der Waals surface area contributed by atoms with Crippen LogP contribution in [0.5, 0.6) is 0 Å². The Labute approximate surface area is 118 Å². The summed E-state index contributed by atoms with van der Waals surface area (Å²) in [6, 6.07) is 0.883. The van der Waals surface area contributed by atoms with Crippen molar-refractivity contribution in [1.29, 1.82) is 0 Å². The van der Waals surface area contributed by atoms with Crippen LogP contribution in [-0.4, -0.2) is 12.6 Å². The van der Waals surface area contributed by atoms with Crippen LogP contribution in [-0.2, 0) is 0 Å². The molecule has 0 aromatic heterocycles. The number of rotatable bonds is 2. The molecule has 108 valence electrons. The Bertz CT molecular complexity index is 285. The van der Waals surface area contributed by atoms with E-state index in [1.807, 2.05) is 0 Å². The van der Waals surface area contributed by atoms with Gasteiger partial charge in [0, 0.05) is 6.04 Å². The molecule has 3 aliphatic carbocycles. The van der Waals surface area contributed by atoms with E-state index >= 15 is 0 Å². The second-order valence-electron chi connectivity index (χ2n) is 7.92. The standard InChI is InChI=1S/C18H31N/c1-3-9-16-14(7-1)15-8-2-4-10-17(15)18(16)12-13-6-5-11-19-13/h13-19H,1-12H2. The van der Waals surface area contributed by atoms with Crippen LogP contribution in [0.3, 0.4) is 0 Å². The summed E-state index contributed by atoms with van der Waals surface area (Å²) in [6.07, 6.45) is 16.9. The molecule has 0 aromatic rings. The second kappa shape index (κ2) is 5.39. The normalized spacial score (nSPS) is 49.9. The monoisotopic (exact) mass is 261 g/mol. The summed E-state index contributed by atoms with van der Waals surface area (Å²) in [5, 5.41) is 3.77. The molecule has 0 spiro atoms. The molecule has 5 atom stereocenters. The molecule has 0 bridgehead atoms. The zero-order chi connectivity index (χ0) is 12.7. The van der Waals surface area contributed by atoms with E-state index in [9.17, 15) is 0 Å². The molecule has 5 unspecified atom stereocenters. The molecule has 1 saturated heterocycles. The topological polar surface area (TPSA) is 12.0 Å². The minimum atomic E-state index is 0.883. The van der Waals surface area contributed by atoms with Crippen LogP contribution in [0.4, 0.5) is 0 Å². The highest BCUT2D eigenvalue weighted by molar-refractivity contribution is 5.00. The summed E-state index contributed by atoms with van der Waals surface area (Å²) < 4.78 is 0. The van der Waals surface area contributed by atoms with Crippen LogP contribution in [0.25, 0.3) is 0 Å². The lowest BCUT2D eigenvalue weighted by Crippen LogP contribution is -2.30. The molecule has 1 nitrogen and oxygen atoms in total. The van der Waals surface area contributed by atoms with Crippen molar-refractivity contribution in [1.82, 2.24) is 5.32 Å². The summed E-state index contributed by atoms with van der Waals surface area (Å²) in [5.74, 6) is 5.65. The zero-order valence-electron chi connectivity index (χ0n) is 12.4. The van der Waals surface area contributed by atoms with Gasteiger partial charge in [0.25, 0.3) is 0 Å². The van der Waals surface area contributed by atoms with Crippen molar-refractivity contribution in [3.05, 3.63) is 0 Å². The zero-order valence-corrected chi connectivity index (χ0v) is 12.4. The Hall–Kier alpha value is -0.0400. The van der Waals surface area contributed by atoms with Gasteiger partial charge in [-0.2, -0.15) is 0 Å². The fourth-order valence-corrected chi connectivity index (χ4v) is 6.46. The van der Waals surface area contributed by atoms with E-state index in [0.717, 1.165) is 35.6 Å². The molecular formula is C18H31N. The summed E-state index contributed by atoms with van der Waals surface area (Å²) in [4.78, 5) is 0. The van der Waals surface area contributed by atoms with Crippen molar-refractivity contribution >= 4 is 0 Å². The van der Waals surface area contributed by atoms with Gasteiger partial charge in [0.05, 0.1) is 0 Å². The van der Waals surface area contributed by atoms with Gasteiger partial charge in [-0.3, -0.25) is 0 Å². The van der Waals surface area contributed by atoms with Crippen LogP contribution in [0, 0.1) is 29.6 Å². The van der Waals surface area contributed by atoms with Gasteiger partial charge in [0.15, 0.2) is 0 Å². The fourth-order valence-electron chi connectivity index (χ4n) is 6.46. The molecule has 4 aliphatic rings. The van der Waals surface area contributed by atoms with Gasteiger partial charge in [-0.1, -0.05) is 25.7 Å². The average Bonchev–Trinajstić information content (AvgIpc) is 3.08. The van der Waals surface area contributed by atoms with Crippen LogP contribution < -0.4 is 5.32 Å². The Morgan fingerprint density at radius 1 is 0.632 bits per heavy atom. The van der Waals surface area contributed by atoms with Crippen molar-refractivity contribution in [3.63, 3.8) is 0 Å². The van der Waals surface area contributed by atoms with Crippen LogP contribution in [0.15, 0.2) is 0 Å². The van der Waals surface area contributed by atoms with Crippen molar-refractivity contribution in [3.8, 4) is 0 Å². The molecular weight excluding hydrogens is 230 g/mol. The molecule has 1 heterocycles. The highest BCUT2D eigenvalue weighted by Gasteiger charge is 2.50. The lowest BCUT2D eigenvalue weighted by molar-refractivity contribution is 0.184. The first-order chi connectivity index (χ1) is 9.43. The molecule has 0 radical (unpaired) electrons. The molecule has 1 N–H and O–H groups in total.